The number of nitrogens with one attached hydrogen (secondary N) is 1. The van der Waals surface area contributed by atoms with Crippen molar-refractivity contribution in [1.82, 2.24) is 9.97 Å². The Kier molecular flexibility index (Phi) is 4.99. The Morgan fingerprint density at radius 3 is 2.83 bits per heavy atom. The van der Waals surface area contributed by atoms with Gasteiger partial charge in [-0.15, -0.1) is 0 Å². The van der Waals surface area contributed by atoms with Crippen molar-refractivity contribution < 1.29 is 19.4 Å². The zero-order valence-corrected chi connectivity index (χ0v) is 13.4. The first-order valence-electron chi connectivity index (χ1n) is 6.12. The Morgan fingerprint density at radius 2 is 2.11 bits per heavy atom. The van der Waals surface area contributed by atoms with Crippen LogP contribution in [0.25, 0.3) is 0 Å². The molecule has 6 heteroatoms. The Bertz CT molecular complexity index is 440. The number of rotatable bonds is 4. The van der Waals surface area contributed by atoms with Crippen LogP contribution in [0.4, 0.5) is 11.8 Å². The molecular weight excluding hydrogens is 398 g/mol. The molecule has 18 heavy (non-hydrogen) atoms. The van der Waals surface area contributed by atoms with Crippen molar-refractivity contribution in [3.05, 3.63) is 11.8 Å². The fourth-order valence-electron chi connectivity index (χ4n) is 2.03. The number of aromatic nitrogens is 2. The van der Waals surface area contributed by atoms with Gasteiger partial charge in [-0.2, -0.15) is 0 Å². The topological polar surface area (TPSA) is 53.4 Å². The molecule has 1 aromatic heterocycles. The summed E-state index contributed by atoms with van der Waals surface area (Å²) in [6.45, 7) is 4.18. The van der Waals surface area contributed by atoms with Gasteiger partial charge in [0.05, 0.1) is 0 Å². The number of piperidine rings is 1. The van der Waals surface area contributed by atoms with E-state index in [1.165, 1.54) is 38.6 Å². The molecule has 2 rings (SSSR count). The summed E-state index contributed by atoms with van der Waals surface area (Å²) < 4.78 is 1.80. The normalized spacial score (nSPS) is 15.9. The molecule has 0 aromatic carbocycles. The number of hydrogen-bond acceptors (Lipinski definition) is 4. The minimum atomic E-state index is 0.621. The van der Waals surface area contributed by atoms with Crippen molar-refractivity contribution in [1.29, 1.82) is 0 Å². The summed E-state index contributed by atoms with van der Waals surface area (Å²) >= 11 is 1.32. The molecule has 0 aliphatic carbocycles. The molecule has 0 bridgehead atoms. The molecule has 0 spiro atoms. The van der Waals surface area contributed by atoms with Gasteiger partial charge in [-0.25, -0.2) is 0 Å². The Labute approximate surface area is 118 Å². The van der Waals surface area contributed by atoms with Gasteiger partial charge in [-0.1, -0.05) is 0 Å². The van der Waals surface area contributed by atoms with Crippen molar-refractivity contribution in [3.63, 3.8) is 0 Å². The van der Waals surface area contributed by atoms with Crippen LogP contribution in [-0.4, -0.2) is 33.9 Å². The van der Waals surface area contributed by atoms with E-state index >= 15 is 0 Å². The number of aliphatic imine (C=N–C) groups is 1. The molecule has 5 nitrogen and oxygen atoms in total. The van der Waals surface area contributed by atoms with Gasteiger partial charge >= 0.3 is 118 Å². The third-order valence-corrected chi connectivity index (χ3v) is 3.29. The third-order valence-electron chi connectivity index (χ3n) is 2.85. The fraction of sp³-hybridized carbons (Fsp3) is 0.500. The molecule has 0 atom stereocenters. The van der Waals surface area contributed by atoms with Crippen LogP contribution in [0.1, 0.15) is 25.0 Å². The summed E-state index contributed by atoms with van der Waals surface area (Å²) in [5.41, 5.74) is 0.979. The maximum atomic E-state index is 4.53. The SMILES string of the molecule is Cc1cc(N2CCCCC2)nc(NC=N[CH]=[W])n1. The minimum absolute atomic E-state index is 0.621. The van der Waals surface area contributed by atoms with Crippen LogP contribution in [-0.2, 0) is 19.4 Å². The van der Waals surface area contributed by atoms with Gasteiger partial charge in [0.25, 0.3) is 0 Å². The molecular formula is C12H17N5W. The van der Waals surface area contributed by atoms with Gasteiger partial charge < -0.3 is 0 Å². The van der Waals surface area contributed by atoms with E-state index in [9.17, 15) is 0 Å². The van der Waals surface area contributed by atoms with Crippen LogP contribution in [0.3, 0.4) is 0 Å². The van der Waals surface area contributed by atoms with E-state index in [0.717, 1.165) is 24.6 Å². The zero-order chi connectivity index (χ0) is 12.8. The molecule has 0 unspecified atom stereocenters. The van der Waals surface area contributed by atoms with Crippen LogP contribution < -0.4 is 10.2 Å². The first-order chi connectivity index (χ1) is 8.79. The van der Waals surface area contributed by atoms with E-state index < -0.39 is 0 Å². The van der Waals surface area contributed by atoms with Crippen molar-refractivity contribution >= 4 is 22.6 Å². The average Bonchev–Trinajstić information content (AvgIpc) is 2.39. The van der Waals surface area contributed by atoms with E-state index in [1.807, 2.05) is 13.0 Å². The summed E-state index contributed by atoms with van der Waals surface area (Å²) in [6, 6.07) is 2.05. The van der Waals surface area contributed by atoms with Gasteiger partial charge in [0.1, 0.15) is 0 Å². The molecule has 0 amide bonds. The summed E-state index contributed by atoms with van der Waals surface area (Å²) in [7, 11) is 0. The Hall–Kier alpha value is -1.09. The summed E-state index contributed by atoms with van der Waals surface area (Å²) in [5, 5.41) is 3.01. The van der Waals surface area contributed by atoms with Crippen molar-refractivity contribution in [3.8, 4) is 0 Å². The predicted octanol–water partition coefficient (Wildman–Crippen LogP) is 1.52. The second-order valence-electron chi connectivity index (χ2n) is 4.27. The van der Waals surface area contributed by atoms with Crippen molar-refractivity contribution in [2.24, 2.45) is 4.99 Å². The molecule has 1 N–H and O–H groups in total. The summed E-state index contributed by atoms with van der Waals surface area (Å²) in [5.74, 6) is 1.64. The number of nitrogens with zero attached hydrogens (tertiary/aromatic N) is 4. The molecule has 1 aromatic rings. The molecule has 1 aliphatic heterocycles. The molecule has 1 fully saturated rings. The number of anilines is 2. The summed E-state index contributed by atoms with van der Waals surface area (Å²) in [6.07, 6.45) is 5.45. The zero-order valence-electron chi connectivity index (χ0n) is 10.5. The molecule has 2 heterocycles. The van der Waals surface area contributed by atoms with E-state index in [1.54, 1.807) is 10.9 Å². The average molecular weight is 415 g/mol. The van der Waals surface area contributed by atoms with Gasteiger partial charge in [0.2, 0.25) is 0 Å². The van der Waals surface area contributed by atoms with Crippen molar-refractivity contribution in [2.45, 2.75) is 26.2 Å². The van der Waals surface area contributed by atoms with Gasteiger partial charge in [-0.3, -0.25) is 0 Å². The molecule has 1 aliphatic rings. The van der Waals surface area contributed by atoms with Crippen LogP contribution in [0, 0.1) is 6.92 Å². The molecule has 96 valence electrons. The molecule has 1 saturated heterocycles. The Morgan fingerprint density at radius 1 is 1.33 bits per heavy atom. The monoisotopic (exact) mass is 415 g/mol. The van der Waals surface area contributed by atoms with Crippen molar-refractivity contribution in [2.75, 3.05) is 23.3 Å². The Balaban J connectivity index is 2.14. The number of hydrogen-bond donors (Lipinski definition) is 1. The fourth-order valence-corrected chi connectivity index (χ4v) is 2.25. The first kappa shape index (κ1) is 13.3. The van der Waals surface area contributed by atoms with Crippen LogP contribution in [0.15, 0.2) is 11.1 Å². The maximum absolute atomic E-state index is 4.53. The van der Waals surface area contributed by atoms with Crippen LogP contribution >= 0.6 is 0 Å². The van der Waals surface area contributed by atoms with E-state index in [0.29, 0.717) is 5.95 Å². The van der Waals surface area contributed by atoms with Gasteiger partial charge in [0, 0.05) is 0 Å². The van der Waals surface area contributed by atoms with E-state index in [2.05, 4.69) is 25.2 Å². The standard InChI is InChI=1S/C12H17N5.W/c1-10-8-11(17-6-4-3-5-7-17)16-12(15-10)14-9-13-2;/h2,8-9H,3-7H2,1H3,(H,14,15,16);. The van der Waals surface area contributed by atoms with E-state index in [4.69, 9.17) is 0 Å². The first-order valence-corrected chi connectivity index (χ1v) is 7.81. The third kappa shape index (κ3) is 3.70. The van der Waals surface area contributed by atoms with Crippen LogP contribution in [0.2, 0.25) is 0 Å². The second-order valence-corrected chi connectivity index (χ2v) is 5.02. The second kappa shape index (κ2) is 6.74. The predicted molar refractivity (Wildman–Crippen MR) is 71.0 cm³/mol. The quantitative estimate of drug-likeness (QED) is 0.599. The molecule has 0 radical (unpaired) electrons. The summed E-state index contributed by atoms with van der Waals surface area (Å²) in [4.78, 5) is 15.2. The van der Waals surface area contributed by atoms with Gasteiger partial charge in [-0.05, 0) is 0 Å². The van der Waals surface area contributed by atoms with Gasteiger partial charge in [0.15, 0.2) is 0 Å². The number of aryl methyl sites for hydroxylation is 1. The molecule has 0 saturated carbocycles. The van der Waals surface area contributed by atoms with E-state index in [-0.39, 0.29) is 0 Å². The van der Waals surface area contributed by atoms with Crippen LogP contribution in [0.5, 0.6) is 0 Å².